The van der Waals surface area contributed by atoms with E-state index >= 15 is 0 Å². The second-order valence-electron chi connectivity index (χ2n) is 17.6. The van der Waals surface area contributed by atoms with Crippen LogP contribution in [-0.4, -0.2) is 102 Å². The molecule has 0 bridgehead atoms. The van der Waals surface area contributed by atoms with Crippen LogP contribution in [0.5, 0.6) is 0 Å². The van der Waals surface area contributed by atoms with Gasteiger partial charge in [-0.1, -0.05) is 55.4 Å². The summed E-state index contributed by atoms with van der Waals surface area (Å²) in [6.07, 6.45) is 10.8. The van der Waals surface area contributed by atoms with Crippen molar-refractivity contribution in [2.45, 2.75) is 188 Å². The SMILES string of the molecule is CCc1nc(Cc2nc(CC)[nH]c2C)c(C)[nH]1.CCc1nc(Cc2nc(CC)[nH]c2C)c(C)[nH]1.CCc1nc(Cc2nc(CC)[nH]c2C)c(C)[nH]1.CCc1nc(Cc2nc(CC)[nH]c2C)c(C)[nH]1.O.O.O.O.[Cl-].[Cl-].[Cl-].[Cl-].[Ni+2].[Ni+2]. The topological polar surface area (TPSA) is 355 Å². The number of aromatic nitrogens is 16. The molecule has 0 unspecified atom stereocenters. The Morgan fingerprint density at radius 1 is 0.218 bits per heavy atom. The summed E-state index contributed by atoms with van der Waals surface area (Å²) >= 11 is 0. The van der Waals surface area contributed by atoms with E-state index in [2.05, 4.69) is 191 Å². The predicted octanol–water partition coefficient (Wildman–Crippen LogP) is -5.43. The largest absolute Gasteiger partial charge is 2.00 e. The van der Waals surface area contributed by atoms with Crippen LogP contribution in [0.4, 0.5) is 0 Å². The van der Waals surface area contributed by atoms with E-state index in [-0.39, 0.29) is 105 Å². The van der Waals surface area contributed by atoms with Gasteiger partial charge in [-0.25, -0.2) is 39.9 Å². The van der Waals surface area contributed by atoms with Gasteiger partial charge in [0.15, 0.2) is 0 Å². The third-order valence-electron chi connectivity index (χ3n) is 12.3. The minimum absolute atomic E-state index is 0. The van der Waals surface area contributed by atoms with Crippen molar-refractivity contribution in [3.63, 3.8) is 0 Å². The fourth-order valence-corrected chi connectivity index (χ4v) is 7.86. The Balaban J connectivity index is -0.000000212. The van der Waals surface area contributed by atoms with Crippen LogP contribution in [0.1, 0.15) is 193 Å². The van der Waals surface area contributed by atoms with Crippen LogP contribution >= 0.6 is 0 Å². The quantitative estimate of drug-likeness (QED) is 0.0431. The average molecular weight is 1260 g/mol. The number of H-pyrrole nitrogens is 8. The Labute approximate surface area is 506 Å². The second kappa shape index (κ2) is 40.8. The molecule has 78 heavy (non-hydrogen) atoms. The van der Waals surface area contributed by atoms with E-state index < -0.39 is 0 Å². The molecule has 20 nitrogen and oxygen atoms in total. The molecule has 0 amide bonds. The van der Waals surface area contributed by atoms with Crippen LogP contribution < -0.4 is 49.6 Å². The van der Waals surface area contributed by atoms with Crippen molar-refractivity contribution in [2.24, 2.45) is 0 Å². The Morgan fingerprint density at radius 2 is 0.308 bits per heavy atom. The smallest absolute Gasteiger partial charge is 1.00 e. The zero-order chi connectivity index (χ0) is 49.7. The molecule has 0 radical (unpaired) electrons. The zero-order valence-electron chi connectivity index (χ0n) is 48.2. The fourth-order valence-electron chi connectivity index (χ4n) is 7.86. The number of imidazole rings is 8. The first-order valence-corrected chi connectivity index (χ1v) is 24.9. The molecule has 448 valence electrons. The third kappa shape index (κ3) is 23.4. The van der Waals surface area contributed by atoms with E-state index in [0.29, 0.717) is 0 Å². The summed E-state index contributed by atoms with van der Waals surface area (Å²) in [7, 11) is 0. The van der Waals surface area contributed by atoms with Crippen molar-refractivity contribution < 1.29 is 105 Å². The summed E-state index contributed by atoms with van der Waals surface area (Å²) in [5, 5.41) is 0. The van der Waals surface area contributed by atoms with Gasteiger partial charge in [0.05, 0.1) is 45.6 Å². The van der Waals surface area contributed by atoms with Gasteiger partial charge in [0.2, 0.25) is 0 Å². The van der Waals surface area contributed by atoms with Crippen LogP contribution in [-0.2, 0) is 110 Å². The molecular weight excluding hydrogens is 1170 g/mol. The van der Waals surface area contributed by atoms with Crippen LogP contribution in [0.25, 0.3) is 0 Å². The number of hydrogen-bond acceptors (Lipinski definition) is 8. The number of rotatable bonds is 16. The Morgan fingerprint density at radius 3 is 0.372 bits per heavy atom. The van der Waals surface area contributed by atoms with Crippen molar-refractivity contribution in [1.82, 2.24) is 79.7 Å². The second-order valence-corrected chi connectivity index (χ2v) is 17.6. The summed E-state index contributed by atoms with van der Waals surface area (Å²) in [5.41, 5.74) is 18.1. The molecule has 0 atom stereocenters. The third-order valence-corrected chi connectivity index (χ3v) is 12.3. The van der Waals surface area contributed by atoms with Crippen molar-refractivity contribution in [2.75, 3.05) is 0 Å². The first kappa shape index (κ1) is 85.0. The van der Waals surface area contributed by atoms with E-state index in [1.165, 1.54) is 0 Å². The number of hydrogen-bond donors (Lipinski definition) is 8. The Kier molecular flexibility index (Phi) is 44.4. The summed E-state index contributed by atoms with van der Waals surface area (Å²) in [5.74, 6) is 8.45. The molecule has 0 aliphatic heterocycles. The maximum Gasteiger partial charge on any atom is 2.00 e. The number of nitrogens with one attached hydrogen (secondary N) is 8. The number of aryl methyl sites for hydroxylation is 16. The molecule has 16 N–H and O–H groups in total. The number of nitrogens with zero attached hydrogens (tertiary/aromatic N) is 8. The molecule has 0 aliphatic carbocycles. The Hall–Kier alpha value is -4.33. The number of halogens is 4. The van der Waals surface area contributed by atoms with Gasteiger partial charge in [-0.3, -0.25) is 0 Å². The molecule has 0 saturated carbocycles. The summed E-state index contributed by atoms with van der Waals surface area (Å²) < 4.78 is 0. The normalized spacial score (nSPS) is 9.64. The van der Waals surface area contributed by atoms with E-state index in [9.17, 15) is 0 Å². The fraction of sp³-hybridized carbons (Fsp3) is 0.538. The maximum atomic E-state index is 4.59. The molecule has 0 spiro atoms. The zero-order valence-corrected chi connectivity index (χ0v) is 53.2. The molecule has 0 aliphatic rings. The van der Waals surface area contributed by atoms with E-state index in [4.69, 9.17) is 0 Å². The van der Waals surface area contributed by atoms with Crippen LogP contribution in [0.2, 0.25) is 0 Å². The van der Waals surface area contributed by atoms with Gasteiger partial charge in [-0.05, 0) is 55.4 Å². The van der Waals surface area contributed by atoms with Crippen LogP contribution in [0.3, 0.4) is 0 Å². The van der Waals surface area contributed by atoms with Crippen molar-refractivity contribution in [3.05, 3.63) is 138 Å². The predicted molar refractivity (Wildman–Crippen MR) is 287 cm³/mol. The van der Waals surface area contributed by atoms with Gasteiger partial charge in [0, 0.05) is 123 Å². The van der Waals surface area contributed by atoms with Gasteiger partial charge in [-0.15, -0.1) is 0 Å². The molecule has 8 heterocycles. The standard InChI is InChI=1S/4C13H20N4.4ClH.2Ni.4H2O/c4*1-5-12-14-8(3)10(16-12)7-11-9(4)15-13(6-2)17-11;;;;;;;;;;/h4*5-7H2,1-4H3,(H,14,16)(H,15,17);4*1H;;;4*1H2/q;;;;;;;;2*+2;;;;/p-4. The molecule has 8 rings (SSSR count). The first-order chi connectivity index (χ1) is 32.5. The molecule has 8 aromatic heterocycles. The summed E-state index contributed by atoms with van der Waals surface area (Å²) in [6.45, 7) is 33.5. The van der Waals surface area contributed by atoms with Crippen LogP contribution in [0, 0.1) is 55.4 Å². The first-order valence-electron chi connectivity index (χ1n) is 24.9. The monoisotopic (exact) mass is 1260 g/mol. The van der Waals surface area contributed by atoms with E-state index in [1.54, 1.807) is 0 Å². The average Bonchev–Trinajstić information content (AvgIpc) is 4.23. The number of aromatic amines is 8. The minimum atomic E-state index is 0. The molecule has 0 aromatic carbocycles. The minimum Gasteiger partial charge on any atom is -1.00 e. The molecule has 0 fully saturated rings. The van der Waals surface area contributed by atoms with Gasteiger partial charge in [0.25, 0.3) is 0 Å². The molecular formula is C52H88Cl4N16Ni2O4. The van der Waals surface area contributed by atoms with Crippen molar-refractivity contribution in [3.8, 4) is 0 Å². The van der Waals surface area contributed by atoms with Gasteiger partial charge < -0.3 is 111 Å². The molecule has 8 aromatic rings. The van der Waals surface area contributed by atoms with Gasteiger partial charge in [0.1, 0.15) is 46.6 Å². The summed E-state index contributed by atoms with van der Waals surface area (Å²) in [6, 6.07) is 0. The molecule has 0 saturated heterocycles. The van der Waals surface area contributed by atoms with Gasteiger partial charge >= 0.3 is 33.0 Å². The van der Waals surface area contributed by atoms with Crippen LogP contribution in [0.15, 0.2) is 0 Å². The van der Waals surface area contributed by atoms with Crippen molar-refractivity contribution >= 4 is 0 Å². The van der Waals surface area contributed by atoms with E-state index in [0.717, 1.165) is 215 Å². The van der Waals surface area contributed by atoms with Crippen molar-refractivity contribution in [1.29, 1.82) is 0 Å². The maximum absolute atomic E-state index is 4.59. The Bertz CT molecular complexity index is 2280. The molecule has 26 heteroatoms. The van der Waals surface area contributed by atoms with Gasteiger partial charge in [-0.2, -0.15) is 0 Å². The summed E-state index contributed by atoms with van der Waals surface area (Å²) in [4.78, 5) is 63.2. The van der Waals surface area contributed by atoms with E-state index in [1.807, 2.05) is 0 Å².